The average Bonchev–Trinajstić information content (AvgIpc) is 3.27. The van der Waals surface area contributed by atoms with Gasteiger partial charge in [0.1, 0.15) is 11.6 Å². The van der Waals surface area contributed by atoms with Gasteiger partial charge in [0.25, 0.3) is 0 Å². The molecule has 4 rings (SSSR count). The minimum absolute atomic E-state index is 0.0734. The van der Waals surface area contributed by atoms with E-state index in [1.54, 1.807) is 0 Å². The number of nitrogens with zero attached hydrogens (tertiary/aromatic N) is 4. The number of aromatic nitrogens is 3. The number of piperidine rings is 1. The fourth-order valence-electron chi connectivity index (χ4n) is 4.12. The number of carbonyl (C=O) groups is 1. The highest BCUT2D eigenvalue weighted by Crippen LogP contribution is 2.41. The summed E-state index contributed by atoms with van der Waals surface area (Å²) in [5.41, 5.74) is 1.05. The van der Waals surface area contributed by atoms with Gasteiger partial charge < -0.3 is 14.6 Å². The first-order valence-corrected chi connectivity index (χ1v) is 11.5. The predicted octanol–water partition coefficient (Wildman–Crippen LogP) is 3.57. The van der Waals surface area contributed by atoms with Crippen molar-refractivity contribution < 1.29 is 19.4 Å². The number of benzene rings is 1. The Morgan fingerprint density at radius 3 is 2.55 bits per heavy atom. The van der Waals surface area contributed by atoms with Gasteiger partial charge in [0.2, 0.25) is 10.8 Å². The standard InChI is InChI=1S/C22H28N4O4S/c1-4-29-17-8-6-15(7-9-17)18(19-20(27)26-22(31-19)23-14(3)24-26)25-12-10-16(11-13-25)21(28)30-5-2/h6-9,16,18,27H,4-5,10-13H2,1-3H3/t18-/m0/s1. The van der Waals surface area contributed by atoms with E-state index in [1.807, 2.05) is 45.0 Å². The highest BCUT2D eigenvalue weighted by Gasteiger charge is 2.34. The zero-order valence-electron chi connectivity index (χ0n) is 18.1. The third-order valence-corrected chi connectivity index (χ3v) is 6.65. The number of hydrogen-bond acceptors (Lipinski definition) is 8. The van der Waals surface area contributed by atoms with Crippen molar-refractivity contribution in [1.82, 2.24) is 19.5 Å². The minimum atomic E-state index is -0.160. The van der Waals surface area contributed by atoms with Crippen LogP contribution < -0.4 is 4.74 Å². The lowest BCUT2D eigenvalue weighted by molar-refractivity contribution is -0.149. The Morgan fingerprint density at radius 1 is 1.23 bits per heavy atom. The molecule has 8 nitrogen and oxygen atoms in total. The molecule has 1 aliphatic rings. The van der Waals surface area contributed by atoms with Gasteiger partial charge in [0, 0.05) is 0 Å². The van der Waals surface area contributed by atoms with Crippen molar-refractivity contribution in [3.05, 3.63) is 40.5 Å². The molecule has 1 atom stereocenters. The summed E-state index contributed by atoms with van der Waals surface area (Å²) >= 11 is 1.45. The lowest BCUT2D eigenvalue weighted by Crippen LogP contribution is -2.39. The summed E-state index contributed by atoms with van der Waals surface area (Å²) in [4.78, 5) is 20.4. The Labute approximate surface area is 185 Å². The van der Waals surface area contributed by atoms with Crippen LogP contribution >= 0.6 is 11.3 Å². The van der Waals surface area contributed by atoms with E-state index in [9.17, 15) is 9.90 Å². The number of fused-ring (bicyclic) bond motifs is 1. The summed E-state index contributed by atoms with van der Waals surface area (Å²) in [7, 11) is 0. The van der Waals surface area contributed by atoms with E-state index < -0.39 is 0 Å². The smallest absolute Gasteiger partial charge is 0.309 e. The molecule has 1 fully saturated rings. The maximum absolute atomic E-state index is 12.2. The van der Waals surface area contributed by atoms with Crippen molar-refractivity contribution in [2.75, 3.05) is 26.3 Å². The highest BCUT2D eigenvalue weighted by molar-refractivity contribution is 7.17. The van der Waals surface area contributed by atoms with Gasteiger partial charge in [-0.25, -0.2) is 4.98 Å². The number of esters is 1. The maximum Gasteiger partial charge on any atom is 0.309 e. The molecular weight excluding hydrogens is 416 g/mol. The number of hydrogen-bond donors (Lipinski definition) is 1. The molecule has 1 saturated heterocycles. The molecule has 0 radical (unpaired) electrons. The fraction of sp³-hybridized carbons (Fsp3) is 0.500. The summed E-state index contributed by atoms with van der Waals surface area (Å²) in [6.07, 6.45) is 1.46. The van der Waals surface area contributed by atoms with Crippen LogP contribution in [0.5, 0.6) is 11.6 Å². The molecule has 9 heteroatoms. The first-order valence-electron chi connectivity index (χ1n) is 10.7. The third kappa shape index (κ3) is 4.38. The topological polar surface area (TPSA) is 89.2 Å². The summed E-state index contributed by atoms with van der Waals surface area (Å²) < 4.78 is 12.3. The first-order chi connectivity index (χ1) is 15.0. The molecule has 0 spiro atoms. The highest BCUT2D eigenvalue weighted by atomic mass is 32.1. The van der Waals surface area contributed by atoms with E-state index in [1.165, 1.54) is 15.9 Å². The first kappa shape index (κ1) is 21.6. The van der Waals surface area contributed by atoms with E-state index in [0.717, 1.165) is 42.1 Å². The number of aryl methyl sites for hydroxylation is 1. The number of aromatic hydroxyl groups is 1. The number of carbonyl (C=O) groups excluding carboxylic acids is 1. The number of thiazole rings is 1. The zero-order valence-corrected chi connectivity index (χ0v) is 18.9. The van der Waals surface area contributed by atoms with Gasteiger partial charge in [-0.1, -0.05) is 23.5 Å². The second-order valence-electron chi connectivity index (χ2n) is 7.61. The molecule has 3 heterocycles. The Hall–Kier alpha value is -2.65. The van der Waals surface area contributed by atoms with Gasteiger partial charge in [-0.2, -0.15) is 4.52 Å². The molecule has 0 aliphatic carbocycles. The SMILES string of the molecule is CCOC(=O)C1CCN([C@@H](c2ccc(OCC)cc2)c2sc3nc(C)nn3c2O)CC1. The van der Waals surface area contributed by atoms with E-state index in [-0.39, 0.29) is 23.8 Å². The molecule has 2 aromatic heterocycles. The van der Waals surface area contributed by atoms with Crippen LogP contribution in [0.4, 0.5) is 0 Å². The fourth-order valence-corrected chi connectivity index (χ4v) is 5.28. The molecule has 1 aromatic carbocycles. The Bertz CT molecular complexity index is 1040. The quantitative estimate of drug-likeness (QED) is 0.557. The van der Waals surface area contributed by atoms with Crippen molar-refractivity contribution >= 4 is 22.3 Å². The Balaban J connectivity index is 1.65. The largest absolute Gasteiger partial charge is 0.494 e. The summed E-state index contributed by atoms with van der Waals surface area (Å²) in [6, 6.07) is 7.82. The van der Waals surface area contributed by atoms with E-state index in [2.05, 4.69) is 15.0 Å². The van der Waals surface area contributed by atoms with Crippen LogP contribution in [0.1, 0.15) is 49.0 Å². The van der Waals surface area contributed by atoms with Crippen LogP contribution in [0.3, 0.4) is 0 Å². The summed E-state index contributed by atoms with van der Waals surface area (Å²) in [5, 5.41) is 15.3. The summed E-state index contributed by atoms with van der Waals surface area (Å²) in [6.45, 7) is 8.07. The Kier molecular flexibility index (Phi) is 6.43. The molecule has 1 N–H and O–H groups in total. The van der Waals surface area contributed by atoms with Crippen molar-refractivity contribution in [1.29, 1.82) is 0 Å². The molecule has 0 saturated carbocycles. The van der Waals surface area contributed by atoms with Crippen molar-refractivity contribution in [3.8, 4) is 11.6 Å². The second kappa shape index (κ2) is 9.23. The molecule has 166 valence electrons. The van der Waals surface area contributed by atoms with Gasteiger partial charge in [-0.05, 0) is 64.4 Å². The number of rotatable bonds is 7. The molecule has 1 aliphatic heterocycles. The van der Waals surface area contributed by atoms with Crippen molar-refractivity contribution in [2.24, 2.45) is 5.92 Å². The third-order valence-electron chi connectivity index (χ3n) is 5.58. The molecule has 3 aromatic rings. The predicted molar refractivity (Wildman–Crippen MR) is 118 cm³/mol. The maximum atomic E-state index is 12.2. The monoisotopic (exact) mass is 444 g/mol. The van der Waals surface area contributed by atoms with Crippen LogP contribution in [0.2, 0.25) is 0 Å². The van der Waals surface area contributed by atoms with Crippen LogP contribution in [0.15, 0.2) is 24.3 Å². The lowest BCUT2D eigenvalue weighted by atomic mass is 9.93. The van der Waals surface area contributed by atoms with Crippen molar-refractivity contribution in [2.45, 2.75) is 39.7 Å². The number of ether oxygens (including phenoxy) is 2. The zero-order chi connectivity index (χ0) is 22.0. The van der Waals surface area contributed by atoms with Crippen molar-refractivity contribution in [3.63, 3.8) is 0 Å². The average molecular weight is 445 g/mol. The molecule has 0 unspecified atom stereocenters. The number of likely N-dealkylation sites (tertiary alicyclic amines) is 1. The normalized spacial score (nSPS) is 16.5. The van der Waals surface area contributed by atoms with Crippen LogP contribution in [-0.2, 0) is 9.53 Å². The molecule has 31 heavy (non-hydrogen) atoms. The van der Waals surface area contributed by atoms with E-state index in [4.69, 9.17) is 9.47 Å². The van der Waals surface area contributed by atoms with Crippen LogP contribution in [-0.4, -0.2) is 56.9 Å². The van der Waals surface area contributed by atoms with Gasteiger partial charge in [0.15, 0.2) is 0 Å². The van der Waals surface area contributed by atoms with Crippen LogP contribution in [0, 0.1) is 12.8 Å². The van der Waals surface area contributed by atoms with E-state index >= 15 is 0 Å². The summed E-state index contributed by atoms with van der Waals surface area (Å²) in [5.74, 6) is 1.37. The molecular formula is C22H28N4O4S. The van der Waals surface area contributed by atoms with Gasteiger partial charge >= 0.3 is 5.97 Å². The molecule has 0 bridgehead atoms. The van der Waals surface area contributed by atoms with Gasteiger partial charge in [-0.3, -0.25) is 9.69 Å². The molecule has 0 amide bonds. The van der Waals surface area contributed by atoms with Gasteiger partial charge in [-0.15, -0.1) is 5.10 Å². The second-order valence-corrected chi connectivity index (χ2v) is 8.62. The van der Waals surface area contributed by atoms with Crippen LogP contribution in [0.25, 0.3) is 4.96 Å². The van der Waals surface area contributed by atoms with E-state index in [0.29, 0.717) is 24.0 Å². The lowest BCUT2D eigenvalue weighted by Gasteiger charge is -2.36. The van der Waals surface area contributed by atoms with Gasteiger partial charge in [0.05, 0.1) is 30.1 Å². The minimum Gasteiger partial charge on any atom is -0.494 e. The Morgan fingerprint density at radius 2 is 1.94 bits per heavy atom.